The van der Waals surface area contributed by atoms with Crippen LogP contribution in [0, 0.1) is 5.92 Å². The molecule has 0 spiro atoms. The monoisotopic (exact) mass is 596 g/mol. The largest absolute Gasteiger partial charge is 0.490 e. The number of hydrogen-bond donors (Lipinski definition) is 3. The third kappa shape index (κ3) is 9.96. The number of amides is 4. The molecular weight excluding hydrogens is 548 g/mol. The molecule has 10 nitrogen and oxygen atoms in total. The fraction of sp³-hybridized carbons (Fsp3) is 0.545. The Hall–Kier alpha value is -3.63. The van der Waals surface area contributed by atoms with Gasteiger partial charge in [0.2, 0.25) is 0 Å². The number of ether oxygens (including phenoxy) is 2. The van der Waals surface area contributed by atoms with E-state index in [2.05, 4.69) is 10.6 Å². The number of aliphatic hydroxyl groups excluding tert-OH is 1. The minimum atomic E-state index is -0.502. The van der Waals surface area contributed by atoms with Gasteiger partial charge in [0, 0.05) is 50.0 Å². The highest BCUT2D eigenvalue weighted by molar-refractivity contribution is 6.05. The zero-order valence-corrected chi connectivity index (χ0v) is 26.3. The molecule has 0 fully saturated rings. The first-order valence-electron chi connectivity index (χ1n) is 15.2. The van der Waals surface area contributed by atoms with Crippen molar-refractivity contribution in [1.82, 2.24) is 15.1 Å². The molecule has 2 aromatic rings. The molecule has 0 bridgehead atoms. The van der Waals surface area contributed by atoms with Crippen LogP contribution in [0.2, 0.25) is 0 Å². The van der Waals surface area contributed by atoms with Crippen LogP contribution >= 0.6 is 0 Å². The van der Waals surface area contributed by atoms with Crippen molar-refractivity contribution in [3.05, 3.63) is 59.7 Å². The smallest absolute Gasteiger partial charge is 0.317 e. The van der Waals surface area contributed by atoms with E-state index in [0.717, 1.165) is 19.3 Å². The van der Waals surface area contributed by atoms with Crippen molar-refractivity contribution < 1.29 is 29.0 Å². The number of carbonyl (C=O) groups is 3. The van der Waals surface area contributed by atoms with Crippen LogP contribution in [0.3, 0.4) is 0 Å². The third-order valence-corrected chi connectivity index (χ3v) is 7.56. The molecule has 3 N–H and O–H groups in total. The van der Waals surface area contributed by atoms with Crippen LogP contribution < -0.4 is 15.4 Å². The van der Waals surface area contributed by atoms with Crippen LogP contribution in [-0.4, -0.2) is 90.4 Å². The second-order valence-corrected chi connectivity index (χ2v) is 11.8. The molecule has 10 heteroatoms. The van der Waals surface area contributed by atoms with E-state index in [1.54, 1.807) is 66.2 Å². The summed E-state index contributed by atoms with van der Waals surface area (Å²) in [6, 6.07) is 13.3. The molecule has 0 radical (unpaired) electrons. The summed E-state index contributed by atoms with van der Waals surface area (Å²) in [6.45, 7) is 10.5. The minimum absolute atomic E-state index is 0.00227. The summed E-state index contributed by atoms with van der Waals surface area (Å²) in [4.78, 5) is 43.0. The maximum absolute atomic E-state index is 14.2. The lowest BCUT2D eigenvalue weighted by molar-refractivity contribution is -0.0122. The van der Waals surface area contributed by atoms with Gasteiger partial charge in [0.1, 0.15) is 5.75 Å². The first-order chi connectivity index (χ1) is 20.5. The van der Waals surface area contributed by atoms with E-state index < -0.39 is 6.04 Å². The van der Waals surface area contributed by atoms with Crippen molar-refractivity contribution in [1.29, 1.82) is 0 Å². The van der Waals surface area contributed by atoms with Gasteiger partial charge in [0.05, 0.1) is 30.4 Å². The predicted octanol–water partition coefficient (Wildman–Crippen LogP) is 4.78. The Morgan fingerprint density at radius 1 is 1.09 bits per heavy atom. The number of nitrogens with zero attached hydrogens (tertiary/aromatic N) is 2. The predicted molar refractivity (Wildman–Crippen MR) is 168 cm³/mol. The summed E-state index contributed by atoms with van der Waals surface area (Å²) in [7, 11) is 1.74. The number of likely N-dealkylation sites (N-methyl/N-ethyl adjacent to an activating group) is 1. The van der Waals surface area contributed by atoms with Crippen molar-refractivity contribution in [2.75, 3.05) is 38.7 Å². The summed E-state index contributed by atoms with van der Waals surface area (Å²) in [5.74, 6) is -0.358. The molecule has 3 rings (SSSR count). The second-order valence-electron chi connectivity index (χ2n) is 11.8. The van der Waals surface area contributed by atoms with E-state index in [1.807, 2.05) is 33.8 Å². The molecule has 43 heavy (non-hydrogen) atoms. The Labute approximate surface area is 255 Å². The van der Waals surface area contributed by atoms with Crippen LogP contribution in [0.15, 0.2) is 48.5 Å². The van der Waals surface area contributed by atoms with Gasteiger partial charge in [-0.1, -0.05) is 25.1 Å². The van der Waals surface area contributed by atoms with Crippen molar-refractivity contribution in [2.24, 2.45) is 5.92 Å². The van der Waals surface area contributed by atoms with Crippen LogP contribution in [0.5, 0.6) is 5.75 Å². The van der Waals surface area contributed by atoms with Crippen molar-refractivity contribution in [3.63, 3.8) is 0 Å². The summed E-state index contributed by atoms with van der Waals surface area (Å²) < 4.78 is 12.6. The summed E-state index contributed by atoms with van der Waals surface area (Å²) >= 11 is 0. The molecule has 1 aliphatic rings. The zero-order chi connectivity index (χ0) is 31.5. The average Bonchev–Trinajstić information content (AvgIpc) is 2.98. The molecular formula is C33H48N4O6. The first-order valence-corrected chi connectivity index (χ1v) is 15.2. The highest BCUT2D eigenvalue weighted by Gasteiger charge is 2.31. The quantitative estimate of drug-likeness (QED) is 0.423. The van der Waals surface area contributed by atoms with E-state index in [9.17, 15) is 19.5 Å². The Balaban J connectivity index is 1.94. The number of benzene rings is 2. The molecule has 0 unspecified atom stereocenters. The summed E-state index contributed by atoms with van der Waals surface area (Å²) in [5, 5.41) is 15.9. The molecule has 1 aliphatic heterocycles. The molecule has 236 valence electrons. The van der Waals surface area contributed by atoms with E-state index in [1.165, 1.54) is 0 Å². The van der Waals surface area contributed by atoms with E-state index in [0.29, 0.717) is 35.7 Å². The second kappa shape index (κ2) is 16.3. The molecule has 0 saturated carbocycles. The molecule has 0 aliphatic carbocycles. The van der Waals surface area contributed by atoms with Gasteiger partial charge < -0.3 is 35.0 Å². The van der Waals surface area contributed by atoms with Gasteiger partial charge >= 0.3 is 6.03 Å². The normalized spacial score (nSPS) is 20.8. The lowest BCUT2D eigenvalue weighted by Gasteiger charge is -2.36. The number of nitrogens with one attached hydrogen (secondary N) is 2. The van der Waals surface area contributed by atoms with Gasteiger partial charge in [-0.15, -0.1) is 0 Å². The van der Waals surface area contributed by atoms with Crippen molar-refractivity contribution in [2.45, 2.75) is 78.2 Å². The number of rotatable bonds is 7. The third-order valence-electron chi connectivity index (χ3n) is 7.56. The molecule has 2 aromatic carbocycles. The Kier molecular flexibility index (Phi) is 12.8. The van der Waals surface area contributed by atoms with Crippen molar-refractivity contribution in [3.8, 4) is 5.75 Å². The highest BCUT2D eigenvalue weighted by Crippen LogP contribution is 2.29. The van der Waals surface area contributed by atoms with Gasteiger partial charge in [-0.3, -0.25) is 9.59 Å². The standard InChI is InChI=1S/C33H48N4O6/c1-22(2)34-33(41)36(6)20-30-23(3)19-37(24(4)21-38)32(40)28-18-27(35-31(39)26-13-8-7-9-14-26)15-16-29(28)43-25(5)12-10-11-17-42-30/h7-9,13-16,18,22-25,30,38H,10-12,17,19-21H2,1-6H3,(H,34,41)(H,35,39)/t23-,24-,25-,30+/m1/s1. The molecule has 0 aromatic heterocycles. The topological polar surface area (TPSA) is 120 Å². The van der Waals surface area contributed by atoms with Gasteiger partial charge in [-0.05, 0) is 77.3 Å². The average molecular weight is 597 g/mol. The van der Waals surface area contributed by atoms with E-state index in [4.69, 9.17) is 9.47 Å². The Bertz CT molecular complexity index is 1210. The van der Waals surface area contributed by atoms with Crippen LogP contribution in [0.4, 0.5) is 10.5 Å². The molecule has 4 atom stereocenters. The van der Waals surface area contributed by atoms with Crippen LogP contribution in [-0.2, 0) is 4.74 Å². The molecule has 1 heterocycles. The molecule has 0 saturated heterocycles. The summed E-state index contributed by atoms with van der Waals surface area (Å²) in [6.07, 6.45) is 1.96. The fourth-order valence-electron chi connectivity index (χ4n) is 4.97. The van der Waals surface area contributed by atoms with Gasteiger partial charge in [-0.2, -0.15) is 0 Å². The fourth-order valence-corrected chi connectivity index (χ4v) is 4.97. The molecule has 4 amide bonds. The van der Waals surface area contributed by atoms with Crippen LogP contribution in [0.25, 0.3) is 0 Å². The number of urea groups is 1. The highest BCUT2D eigenvalue weighted by atomic mass is 16.5. The van der Waals surface area contributed by atoms with Gasteiger partial charge in [0.25, 0.3) is 11.8 Å². The SMILES string of the molecule is CC(C)NC(=O)N(C)C[C@@H]1OCCCC[C@@H](C)Oc2ccc(NC(=O)c3ccccc3)cc2C(=O)N([C@H](C)CO)C[C@H]1C. The van der Waals surface area contributed by atoms with E-state index in [-0.39, 0.29) is 55.2 Å². The number of carbonyl (C=O) groups excluding carboxylic acids is 3. The van der Waals surface area contributed by atoms with Crippen molar-refractivity contribution >= 4 is 23.5 Å². The zero-order valence-electron chi connectivity index (χ0n) is 26.3. The van der Waals surface area contributed by atoms with Crippen LogP contribution in [0.1, 0.15) is 74.6 Å². The maximum atomic E-state index is 14.2. The number of fused-ring (bicyclic) bond motifs is 1. The lowest BCUT2D eigenvalue weighted by atomic mass is 10.0. The number of hydrogen-bond acceptors (Lipinski definition) is 6. The van der Waals surface area contributed by atoms with Gasteiger partial charge in [0.15, 0.2) is 0 Å². The summed E-state index contributed by atoms with van der Waals surface area (Å²) in [5.41, 5.74) is 1.26. The lowest BCUT2D eigenvalue weighted by Crippen LogP contribution is -2.49. The number of aliphatic hydroxyl groups is 1. The van der Waals surface area contributed by atoms with Gasteiger partial charge in [-0.25, -0.2) is 4.79 Å². The Morgan fingerprint density at radius 2 is 1.81 bits per heavy atom. The number of anilines is 1. The van der Waals surface area contributed by atoms with E-state index >= 15 is 0 Å². The minimum Gasteiger partial charge on any atom is -0.490 e. The first kappa shape index (κ1) is 33.9. The maximum Gasteiger partial charge on any atom is 0.317 e. The Morgan fingerprint density at radius 3 is 2.49 bits per heavy atom.